The number of carbonyl (C=O) groups excluding carboxylic acids is 12. The van der Waals surface area contributed by atoms with Gasteiger partial charge in [0.2, 0.25) is 70.9 Å². The predicted octanol–water partition coefficient (Wildman–Crippen LogP) is -3.74. The molecule has 1 aliphatic rings. The van der Waals surface area contributed by atoms with E-state index in [1.807, 2.05) is 13.8 Å². The lowest BCUT2D eigenvalue weighted by atomic mass is 9.96. The maximum atomic E-state index is 14.0. The van der Waals surface area contributed by atoms with Crippen molar-refractivity contribution in [1.29, 1.82) is 0 Å². The number of rotatable bonds is 22. The Labute approximate surface area is 405 Å². The second-order valence-corrected chi connectivity index (χ2v) is 17.5. The molecule has 388 valence electrons. The molecule has 1 fully saturated rings. The van der Waals surface area contributed by atoms with Crippen molar-refractivity contribution >= 4 is 70.9 Å². The summed E-state index contributed by atoms with van der Waals surface area (Å²) in [6, 6.07) is -2.74. The van der Waals surface area contributed by atoms with Crippen molar-refractivity contribution in [2.75, 3.05) is 19.6 Å². The topological polar surface area (TPSA) is 411 Å². The monoisotopic (exact) mass is 987 g/mol. The van der Waals surface area contributed by atoms with E-state index in [-0.39, 0.29) is 43.9 Å². The van der Waals surface area contributed by atoms with Crippen LogP contribution in [0.3, 0.4) is 0 Å². The zero-order chi connectivity index (χ0) is 52.5. The average molecular weight is 987 g/mol. The molecule has 0 bridgehead atoms. The molecule has 0 saturated carbocycles. The largest absolute Gasteiger partial charge is 0.508 e. The molecule has 0 radical (unpaired) electrons. The second-order valence-electron chi connectivity index (χ2n) is 17.5. The molecule has 1 aromatic rings. The van der Waals surface area contributed by atoms with Crippen LogP contribution in [-0.2, 0) is 64.0 Å². The molecule has 12 amide bonds. The number of unbranched alkanes of at least 4 members (excludes halogenated alkanes) is 1. The minimum absolute atomic E-state index is 0.0539. The smallest absolute Gasteiger partial charge is 0.244 e. The van der Waals surface area contributed by atoms with Gasteiger partial charge in [0.15, 0.2) is 0 Å². The van der Waals surface area contributed by atoms with Gasteiger partial charge in [-0.25, -0.2) is 0 Å². The van der Waals surface area contributed by atoms with E-state index in [1.54, 1.807) is 13.8 Å². The molecular formula is C45H70N12O13. The third kappa shape index (κ3) is 22.6. The van der Waals surface area contributed by atoms with Gasteiger partial charge in [-0.1, -0.05) is 46.2 Å². The Bertz CT molecular complexity index is 2030. The molecule has 25 nitrogen and oxygen atoms in total. The second kappa shape index (κ2) is 30.2. The SMILES string of the molecule is CC[C@H](C)[C@@H]1NC(=O)[C@H](Cc2ccc(O)cc2)NC(=O)CCC(=O)NC[C@@H](C(=O)NCCCCC(=O)N[C@@H](CCC(C)C)C(=O)NCC(N)=O)NC(=O)[C@H](CC(N)=O)NC(=O)[C@H](CCC(N)=O)NC1=O. The normalized spacial score (nSPS) is 20.7. The fraction of sp³-hybridized carbons (Fsp3) is 0.600. The van der Waals surface area contributed by atoms with Crippen molar-refractivity contribution in [3.63, 3.8) is 0 Å². The van der Waals surface area contributed by atoms with Gasteiger partial charge in [-0.05, 0) is 61.6 Å². The first-order valence-electron chi connectivity index (χ1n) is 23.2. The first-order valence-corrected chi connectivity index (χ1v) is 23.2. The van der Waals surface area contributed by atoms with Crippen molar-refractivity contribution in [3.8, 4) is 5.75 Å². The van der Waals surface area contributed by atoms with Gasteiger partial charge in [-0.3, -0.25) is 57.5 Å². The van der Waals surface area contributed by atoms with E-state index in [1.165, 1.54) is 24.3 Å². The van der Waals surface area contributed by atoms with Crippen LogP contribution in [0.25, 0.3) is 0 Å². The van der Waals surface area contributed by atoms with E-state index in [0.717, 1.165) is 0 Å². The summed E-state index contributed by atoms with van der Waals surface area (Å²) < 4.78 is 0. The molecule has 2 rings (SSSR count). The van der Waals surface area contributed by atoms with Gasteiger partial charge in [-0.15, -0.1) is 0 Å². The summed E-state index contributed by atoms with van der Waals surface area (Å²) in [6.07, 6.45) is -1.08. The summed E-state index contributed by atoms with van der Waals surface area (Å²) >= 11 is 0. The van der Waals surface area contributed by atoms with E-state index in [2.05, 4.69) is 47.9 Å². The average Bonchev–Trinajstić information content (AvgIpc) is 3.29. The Morgan fingerprint density at radius 1 is 0.700 bits per heavy atom. The highest BCUT2D eigenvalue weighted by Gasteiger charge is 2.35. The van der Waals surface area contributed by atoms with Gasteiger partial charge in [0.25, 0.3) is 0 Å². The van der Waals surface area contributed by atoms with Crippen LogP contribution in [0.4, 0.5) is 0 Å². The highest BCUT2D eigenvalue weighted by molar-refractivity contribution is 5.98. The van der Waals surface area contributed by atoms with Crippen LogP contribution in [0.2, 0.25) is 0 Å². The van der Waals surface area contributed by atoms with E-state index >= 15 is 0 Å². The Kier molecular flexibility index (Phi) is 25.4. The van der Waals surface area contributed by atoms with Gasteiger partial charge in [-0.2, -0.15) is 0 Å². The third-order valence-corrected chi connectivity index (χ3v) is 11.1. The molecule has 0 spiro atoms. The molecule has 0 unspecified atom stereocenters. The van der Waals surface area contributed by atoms with Crippen molar-refractivity contribution in [1.82, 2.24) is 47.9 Å². The lowest BCUT2D eigenvalue weighted by Crippen LogP contribution is -2.61. The van der Waals surface area contributed by atoms with Crippen LogP contribution in [0, 0.1) is 11.8 Å². The van der Waals surface area contributed by atoms with Gasteiger partial charge >= 0.3 is 0 Å². The summed E-state index contributed by atoms with van der Waals surface area (Å²) in [4.78, 5) is 156. The standard InChI is InChI=1S/C45H70N12O13/c1-5-25(4)39-45(70)54-29(15-16-33(46)59)42(67)55-31(21-34(47)60)43(68)56-32(22-50-36(62)17-18-38(64)53-30(44(69)57-39)20-26-10-12-27(58)13-11-26)41(66)49-19-7-6-8-37(63)52-28(14-9-24(2)3)40(65)51-23-35(48)61/h10-13,24-25,28-32,39,58H,5-9,14-23H2,1-4H3,(H2,46,59)(H2,47,60)(H2,48,61)(H,49,66)(H,50,62)(H,51,65)(H,52,63)(H,53,64)(H,54,70)(H,55,67)(H,56,68)(H,57,69)/t25-,28-,29-,30-,31-,32-,39-/m0/s1. The molecule has 1 aromatic carbocycles. The number of nitrogens with two attached hydrogens (primary N) is 3. The highest BCUT2D eigenvalue weighted by atomic mass is 16.3. The Balaban J connectivity index is 2.40. The maximum absolute atomic E-state index is 14.0. The van der Waals surface area contributed by atoms with Crippen LogP contribution in [0.5, 0.6) is 5.75 Å². The van der Waals surface area contributed by atoms with Crippen molar-refractivity contribution < 1.29 is 62.6 Å². The summed E-state index contributed by atoms with van der Waals surface area (Å²) in [6.45, 7) is 6.22. The number of amides is 12. The lowest BCUT2D eigenvalue weighted by Gasteiger charge is -2.29. The number of nitrogens with one attached hydrogen (secondary N) is 9. The summed E-state index contributed by atoms with van der Waals surface area (Å²) in [5, 5.41) is 32.3. The zero-order valence-electron chi connectivity index (χ0n) is 40.1. The fourth-order valence-corrected chi connectivity index (χ4v) is 6.89. The molecule has 25 heteroatoms. The van der Waals surface area contributed by atoms with Gasteiger partial charge in [0.05, 0.1) is 13.0 Å². The highest BCUT2D eigenvalue weighted by Crippen LogP contribution is 2.15. The number of phenolic OH excluding ortho intramolecular Hbond substituents is 1. The van der Waals surface area contributed by atoms with Gasteiger partial charge < -0.3 is 70.2 Å². The summed E-state index contributed by atoms with van der Waals surface area (Å²) in [5.41, 5.74) is 16.4. The number of primary amides is 3. The maximum Gasteiger partial charge on any atom is 0.244 e. The minimum atomic E-state index is -1.77. The van der Waals surface area contributed by atoms with E-state index < -0.39 is 158 Å². The Hall–Kier alpha value is -7.34. The third-order valence-electron chi connectivity index (χ3n) is 11.1. The van der Waals surface area contributed by atoms with Crippen LogP contribution in [0.15, 0.2) is 24.3 Å². The first-order chi connectivity index (χ1) is 33.0. The lowest BCUT2D eigenvalue weighted by molar-refractivity contribution is -0.136. The molecule has 1 heterocycles. The van der Waals surface area contributed by atoms with Crippen molar-refractivity contribution in [2.24, 2.45) is 29.0 Å². The predicted molar refractivity (Wildman–Crippen MR) is 250 cm³/mol. The van der Waals surface area contributed by atoms with Gasteiger partial charge in [0, 0.05) is 45.2 Å². The minimum Gasteiger partial charge on any atom is -0.508 e. The summed E-state index contributed by atoms with van der Waals surface area (Å²) in [7, 11) is 0. The van der Waals surface area contributed by atoms with Crippen molar-refractivity contribution in [2.45, 2.75) is 141 Å². The number of aromatic hydroxyl groups is 1. The van der Waals surface area contributed by atoms with E-state index in [4.69, 9.17) is 17.2 Å². The van der Waals surface area contributed by atoms with Gasteiger partial charge in [0.1, 0.15) is 42.0 Å². The summed E-state index contributed by atoms with van der Waals surface area (Å²) in [5.74, 6) is -10.4. The zero-order valence-corrected chi connectivity index (χ0v) is 40.1. The Morgan fingerprint density at radius 3 is 1.94 bits per heavy atom. The van der Waals surface area contributed by atoms with Crippen molar-refractivity contribution in [3.05, 3.63) is 29.8 Å². The van der Waals surface area contributed by atoms with E-state index in [0.29, 0.717) is 24.8 Å². The molecule has 7 atom stereocenters. The number of carbonyl (C=O) groups is 12. The van der Waals surface area contributed by atoms with Crippen LogP contribution < -0.4 is 65.1 Å². The van der Waals surface area contributed by atoms with Crippen LogP contribution >= 0.6 is 0 Å². The molecule has 0 aromatic heterocycles. The molecule has 16 N–H and O–H groups in total. The molecule has 0 aliphatic carbocycles. The van der Waals surface area contributed by atoms with Crippen LogP contribution in [0.1, 0.15) is 104 Å². The quantitative estimate of drug-likeness (QED) is 0.0498. The Morgan fingerprint density at radius 2 is 1.33 bits per heavy atom. The number of benzene rings is 1. The molecule has 1 saturated heterocycles. The molecule has 1 aliphatic heterocycles. The molecular weight excluding hydrogens is 917 g/mol. The number of hydrogen-bond acceptors (Lipinski definition) is 13. The molecule has 70 heavy (non-hydrogen) atoms. The van der Waals surface area contributed by atoms with Crippen LogP contribution in [-0.4, -0.2) is 132 Å². The van der Waals surface area contributed by atoms with E-state index in [9.17, 15) is 62.6 Å². The number of hydrogen-bond donors (Lipinski definition) is 13. The first kappa shape index (κ1) is 58.8. The number of phenols is 1. The fourth-order valence-electron chi connectivity index (χ4n) is 6.89.